The number of fused-ring (bicyclic) bond motifs is 3. The molecule has 0 fully saturated rings. The third kappa shape index (κ3) is 2.39. The van der Waals surface area contributed by atoms with Crippen LogP contribution >= 0.6 is 15.9 Å². The number of ether oxygens (including phenoxy) is 1. The van der Waals surface area contributed by atoms with Gasteiger partial charge < -0.3 is 4.74 Å². The molecule has 0 spiro atoms. The quantitative estimate of drug-likeness (QED) is 0.634. The third-order valence-electron chi connectivity index (χ3n) is 3.97. The van der Waals surface area contributed by atoms with E-state index in [-0.39, 0.29) is 5.69 Å². The summed E-state index contributed by atoms with van der Waals surface area (Å²) in [5, 5.41) is 0. The van der Waals surface area contributed by atoms with Crippen molar-refractivity contribution in [3.8, 4) is 5.75 Å². The molecule has 1 aromatic heterocycles. The predicted octanol–water partition coefficient (Wildman–Crippen LogP) is 3.31. The number of amides is 2. The van der Waals surface area contributed by atoms with Gasteiger partial charge in [-0.3, -0.25) is 0 Å². The second-order valence-electron chi connectivity index (χ2n) is 5.44. The molecule has 3 aromatic rings. The number of aromatic nitrogens is 2. The zero-order chi connectivity index (χ0) is 17.6. The molecule has 1 aliphatic rings. The molecule has 0 unspecified atom stereocenters. The molecule has 0 atom stereocenters. The van der Waals surface area contributed by atoms with Crippen LogP contribution in [0.3, 0.4) is 0 Å². The van der Waals surface area contributed by atoms with Crippen LogP contribution in [0.4, 0.5) is 10.5 Å². The summed E-state index contributed by atoms with van der Waals surface area (Å²) in [7, 11) is 0. The maximum atomic E-state index is 12.9. The molecule has 2 heterocycles. The van der Waals surface area contributed by atoms with Gasteiger partial charge in [0.05, 0.1) is 17.3 Å². The number of benzene rings is 2. The average molecular weight is 399 g/mol. The Morgan fingerprint density at radius 1 is 1.20 bits per heavy atom. The highest BCUT2D eigenvalue weighted by atomic mass is 79.9. The van der Waals surface area contributed by atoms with Gasteiger partial charge in [0, 0.05) is 6.07 Å². The van der Waals surface area contributed by atoms with Crippen LogP contribution in [0.25, 0.3) is 11.0 Å². The lowest BCUT2D eigenvalue weighted by molar-refractivity contribution is -0.537. The molecule has 0 radical (unpaired) electrons. The number of para-hydroxylation sites is 2. The molecule has 0 N–H and O–H groups in total. The summed E-state index contributed by atoms with van der Waals surface area (Å²) in [4.78, 5) is 31.1. The Hall–Kier alpha value is -2.80. The highest BCUT2D eigenvalue weighted by Gasteiger charge is 2.48. The number of imide groups is 1. The Morgan fingerprint density at radius 3 is 2.76 bits per heavy atom. The molecule has 4 rings (SSSR count). The Labute approximate surface area is 151 Å². The van der Waals surface area contributed by atoms with Crippen LogP contribution in [0, 0.1) is 0 Å². The van der Waals surface area contributed by atoms with Gasteiger partial charge in [0.15, 0.2) is 5.52 Å². The van der Waals surface area contributed by atoms with Gasteiger partial charge in [-0.2, -0.15) is 4.79 Å². The van der Waals surface area contributed by atoms with Gasteiger partial charge in [0.1, 0.15) is 17.0 Å². The standard InChI is InChI=1S/C18H13BrN3O3/c1-2-25-16-8-7-11(9-12(16)19)21-17(23)15-10-20-13-5-3-4-6-14(13)22(15)18(21)24/h3-10H,2H2,1H3/q+1. The lowest BCUT2D eigenvalue weighted by Gasteiger charge is -2.09. The molecule has 6 nitrogen and oxygen atoms in total. The molecule has 1 aliphatic heterocycles. The highest BCUT2D eigenvalue weighted by Crippen LogP contribution is 2.31. The zero-order valence-corrected chi connectivity index (χ0v) is 14.9. The van der Waals surface area contributed by atoms with E-state index in [1.807, 2.05) is 19.1 Å². The normalized spacial score (nSPS) is 13.4. The van der Waals surface area contributed by atoms with Gasteiger partial charge in [0.2, 0.25) is 5.69 Å². The Bertz CT molecular complexity index is 1040. The molecule has 25 heavy (non-hydrogen) atoms. The fourth-order valence-electron chi connectivity index (χ4n) is 2.87. The fourth-order valence-corrected chi connectivity index (χ4v) is 3.35. The first kappa shape index (κ1) is 15.7. The van der Waals surface area contributed by atoms with Crippen molar-refractivity contribution in [3.63, 3.8) is 0 Å². The smallest absolute Gasteiger partial charge is 0.493 e. The molecule has 124 valence electrons. The van der Waals surface area contributed by atoms with Crippen LogP contribution < -0.4 is 14.2 Å². The molecular weight excluding hydrogens is 386 g/mol. The van der Waals surface area contributed by atoms with E-state index < -0.39 is 11.9 Å². The number of carbonyl (C=O) groups excluding carboxylic acids is 2. The van der Waals surface area contributed by atoms with E-state index in [1.54, 1.807) is 30.3 Å². The maximum Gasteiger partial charge on any atom is 0.512 e. The van der Waals surface area contributed by atoms with Crippen molar-refractivity contribution in [2.75, 3.05) is 11.5 Å². The number of rotatable bonds is 3. The van der Waals surface area contributed by atoms with Crippen molar-refractivity contribution in [3.05, 3.63) is 58.8 Å². The number of nitrogens with zero attached hydrogens (tertiary/aromatic N) is 3. The van der Waals surface area contributed by atoms with Crippen LogP contribution in [0.15, 0.2) is 53.1 Å². The lowest BCUT2D eigenvalue weighted by atomic mass is 10.2. The van der Waals surface area contributed by atoms with Crippen LogP contribution in [0.1, 0.15) is 17.4 Å². The zero-order valence-electron chi connectivity index (χ0n) is 13.3. The van der Waals surface area contributed by atoms with Crippen LogP contribution in [-0.4, -0.2) is 23.5 Å². The second-order valence-corrected chi connectivity index (χ2v) is 6.29. The predicted molar refractivity (Wildman–Crippen MR) is 94.9 cm³/mol. The lowest BCUT2D eigenvalue weighted by Crippen LogP contribution is -2.46. The SMILES string of the molecule is CCOc1ccc(N2C(=O)c3cnc4ccccc4[n+]3C2=O)cc1Br. The van der Waals surface area contributed by atoms with Crippen LogP contribution in [-0.2, 0) is 0 Å². The highest BCUT2D eigenvalue weighted by molar-refractivity contribution is 9.10. The van der Waals surface area contributed by atoms with E-state index >= 15 is 0 Å². The minimum absolute atomic E-state index is 0.244. The number of halogens is 1. The first-order valence-electron chi connectivity index (χ1n) is 7.72. The van der Waals surface area contributed by atoms with Gasteiger partial charge in [0.25, 0.3) is 0 Å². The molecular formula is C18H13BrN3O3+. The fraction of sp³-hybridized carbons (Fsp3) is 0.111. The maximum absolute atomic E-state index is 12.9. The van der Waals surface area contributed by atoms with Gasteiger partial charge >= 0.3 is 11.9 Å². The molecule has 0 aliphatic carbocycles. The largest absolute Gasteiger partial charge is 0.512 e. The Morgan fingerprint density at radius 2 is 2.00 bits per heavy atom. The first-order chi connectivity index (χ1) is 12.1. The average Bonchev–Trinajstić information content (AvgIpc) is 2.88. The van der Waals surface area contributed by atoms with E-state index in [0.29, 0.717) is 33.5 Å². The summed E-state index contributed by atoms with van der Waals surface area (Å²) in [5.74, 6) is 0.252. The summed E-state index contributed by atoms with van der Waals surface area (Å²) >= 11 is 3.42. The van der Waals surface area contributed by atoms with Crippen molar-refractivity contribution >= 4 is 44.6 Å². The molecule has 2 amide bonds. The topological polar surface area (TPSA) is 63.4 Å². The summed E-state index contributed by atoms with van der Waals surface area (Å²) in [6.45, 7) is 2.41. The van der Waals surface area contributed by atoms with Crippen molar-refractivity contribution in [1.82, 2.24) is 4.98 Å². The Kier molecular flexibility index (Phi) is 3.73. The van der Waals surface area contributed by atoms with E-state index in [9.17, 15) is 9.59 Å². The third-order valence-corrected chi connectivity index (χ3v) is 4.59. The van der Waals surface area contributed by atoms with Crippen molar-refractivity contribution in [1.29, 1.82) is 0 Å². The summed E-state index contributed by atoms with van der Waals surface area (Å²) in [6.07, 6.45) is 1.44. The molecule has 0 bridgehead atoms. The monoisotopic (exact) mass is 398 g/mol. The summed E-state index contributed by atoms with van der Waals surface area (Å²) in [6, 6.07) is 11.9. The number of hydrogen-bond acceptors (Lipinski definition) is 4. The number of hydrogen-bond donors (Lipinski definition) is 0. The van der Waals surface area contributed by atoms with Crippen LogP contribution in [0.5, 0.6) is 5.75 Å². The molecule has 7 heteroatoms. The summed E-state index contributed by atoms with van der Waals surface area (Å²) < 4.78 is 7.55. The molecule has 0 saturated carbocycles. The Balaban J connectivity index is 1.83. The van der Waals surface area contributed by atoms with Crippen molar-refractivity contribution in [2.24, 2.45) is 0 Å². The number of carbonyl (C=O) groups is 2. The molecule has 0 saturated heterocycles. The van der Waals surface area contributed by atoms with Gasteiger partial charge in [-0.05, 0) is 47.1 Å². The van der Waals surface area contributed by atoms with Gasteiger partial charge in [-0.25, -0.2) is 9.78 Å². The second kappa shape index (κ2) is 5.93. The number of anilines is 1. The summed E-state index contributed by atoms with van der Waals surface area (Å²) in [5.41, 5.74) is 1.97. The van der Waals surface area contributed by atoms with Crippen LogP contribution in [0.2, 0.25) is 0 Å². The van der Waals surface area contributed by atoms with E-state index in [4.69, 9.17) is 4.74 Å². The minimum Gasteiger partial charge on any atom is -0.493 e. The van der Waals surface area contributed by atoms with E-state index in [1.165, 1.54) is 10.8 Å². The van der Waals surface area contributed by atoms with Crippen molar-refractivity contribution in [2.45, 2.75) is 6.92 Å². The van der Waals surface area contributed by atoms with E-state index in [0.717, 1.165) is 4.90 Å². The minimum atomic E-state index is -0.422. The van der Waals surface area contributed by atoms with Gasteiger partial charge in [-0.15, -0.1) is 9.47 Å². The van der Waals surface area contributed by atoms with Crippen molar-refractivity contribution < 1.29 is 18.9 Å². The van der Waals surface area contributed by atoms with Gasteiger partial charge in [-0.1, -0.05) is 12.1 Å². The first-order valence-corrected chi connectivity index (χ1v) is 8.52. The van der Waals surface area contributed by atoms with E-state index in [2.05, 4.69) is 20.9 Å². The molecule has 2 aromatic carbocycles.